The molecule has 0 atom stereocenters. The molecule has 1 fully saturated rings. The second-order valence-corrected chi connectivity index (χ2v) is 6.09. The van der Waals surface area contributed by atoms with Crippen LogP contribution >= 0.6 is 0 Å². The van der Waals surface area contributed by atoms with Gasteiger partial charge in [-0.05, 0) is 49.8 Å². The van der Waals surface area contributed by atoms with E-state index in [1.165, 1.54) is 0 Å². The van der Waals surface area contributed by atoms with Crippen molar-refractivity contribution >= 4 is 18.0 Å². The standard InChI is InChI=1S/C21H26O4/c1-4-10-17-14-21(19(22)24-5-2,20(23)25-6-3)15-18(17)13-16-11-8-7-9-12-16/h7-13H,4-6,14-15H2,1-3H3/b17-10-,18-13+. The lowest BCUT2D eigenvalue weighted by atomic mass is 9.85. The summed E-state index contributed by atoms with van der Waals surface area (Å²) in [5.41, 5.74) is 1.79. The van der Waals surface area contributed by atoms with Gasteiger partial charge >= 0.3 is 11.9 Å². The van der Waals surface area contributed by atoms with Gasteiger partial charge in [-0.3, -0.25) is 9.59 Å². The molecule has 0 heterocycles. The Hall–Kier alpha value is -2.36. The van der Waals surface area contributed by atoms with E-state index in [0.717, 1.165) is 23.1 Å². The molecule has 2 rings (SSSR count). The highest BCUT2D eigenvalue weighted by atomic mass is 16.6. The summed E-state index contributed by atoms with van der Waals surface area (Å²) in [7, 11) is 0. The van der Waals surface area contributed by atoms with Gasteiger partial charge in [-0.1, -0.05) is 49.4 Å². The van der Waals surface area contributed by atoms with Crippen molar-refractivity contribution in [1.29, 1.82) is 0 Å². The lowest BCUT2D eigenvalue weighted by molar-refractivity contribution is -0.171. The molecule has 4 heteroatoms. The first-order chi connectivity index (χ1) is 12.1. The Balaban J connectivity index is 2.46. The van der Waals surface area contributed by atoms with Gasteiger partial charge in [0.2, 0.25) is 0 Å². The molecule has 0 bridgehead atoms. The summed E-state index contributed by atoms with van der Waals surface area (Å²) in [4.78, 5) is 25.3. The molecule has 25 heavy (non-hydrogen) atoms. The molecule has 1 aliphatic rings. The summed E-state index contributed by atoms with van der Waals surface area (Å²) < 4.78 is 10.5. The van der Waals surface area contributed by atoms with Crippen molar-refractivity contribution < 1.29 is 19.1 Å². The van der Waals surface area contributed by atoms with Gasteiger partial charge < -0.3 is 9.47 Å². The first-order valence-electron chi connectivity index (χ1n) is 8.86. The average molecular weight is 342 g/mol. The number of carbonyl (C=O) groups excluding carboxylic acids is 2. The van der Waals surface area contributed by atoms with Gasteiger partial charge in [0.15, 0.2) is 5.41 Å². The minimum atomic E-state index is -1.27. The van der Waals surface area contributed by atoms with E-state index in [1.807, 2.05) is 43.3 Å². The van der Waals surface area contributed by atoms with Gasteiger partial charge in [0, 0.05) is 0 Å². The third-order valence-electron chi connectivity index (χ3n) is 4.32. The van der Waals surface area contributed by atoms with E-state index in [-0.39, 0.29) is 13.2 Å². The number of ether oxygens (including phenoxy) is 2. The van der Waals surface area contributed by atoms with Gasteiger partial charge in [0.25, 0.3) is 0 Å². The van der Waals surface area contributed by atoms with Crippen LogP contribution < -0.4 is 0 Å². The minimum absolute atomic E-state index is 0.241. The molecule has 1 saturated carbocycles. The molecule has 0 unspecified atom stereocenters. The Morgan fingerprint density at radius 2 is 1.52 bits per heavy atom. The third-order valence-corrected chi connectivity index (χ3v) is 4.32. The van der Waals surface area contributed by atoms with Crippen LogP contribution in [0, 0.1) is 5.41 Å². The van der Waals surface area contributed by atoms with E-state index in [0.29, 0.717) is 12.8 Å². The van der Waals surface area contributed by atoms with E-state index in [1.54, 1.807) is 13.8 Å². The Morgan fingerprint density at radius 1 is 0.960 bits per heavy atom. The van der Waals surface area contributed by atoms with Gasteiger partial charge in [-0.15, -0.1) is 0 Å². The number of carbonyl (C=O) groups is 2. The first-order valence-corrected chi connectivity index (χ1v) is 8.86. The maximum atomic E-state index is 12.7. The van der Waals surface area contributed by atoms with Crippen molar-refractivity contribution in [2.24, 2.45) is 5.41 Å². The van der Waals surface area contributed by atoms with E-state index in [4.69, 9.17) is 9.47 Å². The summed E-state index contributed by atoms with van der Waals surface area (Å²) in [6.07, 6.45) is 5.60. The maximum absolute atomic E-state index is 12.7. The Morgan fingerprint density at radius 3 is 2.04 bits per heavy atom. The molecule has 134 valence electrons. The quantitative estimate of drug-likeness (QED) is 0.571. The molecule has 1 aromatic carbocycles. The van der Waals surface area contributed by atoms with Gasteiger partial charge in [0.1, 0.15) is 0 Å². The Labute approximate surface area is 149 Å². The van der Waals surface area contributed by atoms with Crippen LogP contribution in [-0.4, -0.2) is 25.2 Å². The summed E-state index contributed by atoms with van der Waals surface area (Å²) in [6.45, 7) is 6.02. The third kappa shape index (κ3) is 4.19. The lowest BCUT2D eigenvalue weighted by Gasteiger charge is -2.23. The fourth-order valence-corrected chi connectivity index (χ4v) is 3.19. The molecule has 0 spiro atoms. The average Bonchev–Trinajstić information content (AvgIpc) is 2.96. The highest BCUT2D eigenvalue weighted by Gasteiger charge is 2.54. The fourth-order valence-electron chi connectivity index (χ4n) is 3.19. The van der Waals surface area contributed by atoms with Crippen molar-refractivity contribution in [3.05, 3.63) is 53.1 Å². The molecule has 0 amide bonds. The van der Waals surface area contributed by atoms with Gasteiger partial charge in [-0.25, -0.2) is 0 Å². The molecule has 0 radical (unpaired) electrons. The minimum Gasteiger partial charge on any atom is -0.465 e. The summed E-state index contributed by atoms with van der Waals surface area (Å²) in [5, 5.41) is 0. The number of rotatable bonds is 6. The van der Waals surface area contributed by atoms with E-state index < -0.39 is 17.4 Å². The van der Waals surface area contributed by atoms with Gasteiger partial charge in [-0.2, -0.15) is 0 Å². The summed E-state index contributed by atoms with van der Waals surface area (Å²) in [6, 6.07) is 9.90. The molecule has 0 N–H and O–H groups in total. The van der Waals surface area contributed by atoms with Crippen molar-refractivity contribution in [3.8, 4) is 0 Å². The van der Waals surface area contributed by atoms with E-state index in [2.05, 4.69) is 6.08 Å². The first kappa shape index (κ1) is 19.0. The van der Waals surface area contributed by atoms with Crippen molar-refractivity contribution in [2.75, 3.05) is 13.2 Å². The molecular weight excluding hydrogens is 316 g/mol. The zero-order valence-corrected chi connectivity index (χ0v) is 15.2. The van der Waals surface area contributed by atoms with Crippen LogP contribution in [0.4, 0.5) is 0 Å². The Bertz CT molecular complexity index is 652. The van der Waals surface area contributed by atoms with E-state index >= 15 is 0 Å². The molecule has 0 aromatic heterocycles. The topological polar surface area (TPSA) is 52.6 Å². The smallest absolute Gasteiger partial charge is 0.324 e. The van der Waals surface area contributed by atoms with Crippen LogP contribution in [0.25, 0.3) is 6.08 Å². The van der Waals surface area contributed by atoms with E-state index in [9.17, 15) is 9.59 Å². The highest BCUT2D eigenvalue weighted by Crippen LogP contribution is 2.47. The van der Waals surface area contributed by atoms with Crippen LogP contribution in [0.1, 0.15) is 45.6 Å². The molecule has 0 aliphatic heterocycles. The Kier molecular flexibility index (Phi) is 6.57. The largest absolute Gasteiger partial charge is 0.465 e. The summed E-state index contributed by atoms with van der Waals surface area (Å²) in [5.74, 6) is -0.987. The molecule has 1 aromatic rings. The zero-order valence-electron chi connectivity index (χ0n) is 15.2. The maximum Gasteiger partial charge on any atom is 0.324 e. The predicted octanol–water partition coefficient (Wildman–Crippen LogP) is 4.31. The van der Waals surface area contributed by atoms with Crippen LogP contribution in [0.2, 0.25) is 0 Å². The number of hydrogen-bond donors (Lipinski definition) is 0. The van der Waals surface area contributed by atoms with Crippen molar-refractivity contribution in [2.45, 2.75) is 40.0 Å². The molecule has 1 aliphatic carbocycles. The van der Waals surface area contributed by atoms with Crippen molar-refractivity contribution in [3.63, 3.8) is 0 Å². The zero-order chi connectivity index (χ0) is 18.3. The molecule has 0 saturated heterocycles. The SMILES string of the molecule is CC/C=C1/CC(C(=O)OCC)(C(=O)OCC)C/C1=C\c1ccccc1. The second kappa shape index (κ2) is 8.65. The fraction of sp³-hybridized carbons (Fsp3) is 0.429. The number of esters is 2. The highest BCUT2D eigenvalue weighted by molar-refractivity contribution is 6.02. The van der Waals surface area contributed by atoms with Crippen LogP contribution in [0.5, 0.6) is 0 Å². The molecular formula is C21H26O4. The summed E-state index contributed by atoms with van der Waals surface area (Å²) >= 11 is 0. The molecule has 4 nitrogen and oxygen atoms in total. The second-order valence-electron chi connectivity index (χ2n) is 6.09. The van der Waals surface area contributed by atoms with Crippen LogP contribution in [-0.2, 0) is 19.1 Å². The predicted molar refractivity (Wildman–Crippen MR) is 97.7 cm³/mol. The number of benzene rings is 1. The van der Waals surface area contributed by atoms with Gasteiger partial charge in [0.05, 0.1) is 13.2 Å². The lowest BCUT2D eigenvalue weighted by Crippen LogP contribution is -2.39. The normalized spacial score (nSPS) is 19.2. The number of hydrogen-bond acceptors (Lipinski definition) is 4. The van der Waals surface area contributed by atoms with Crippen LogP contribution in [0.3, 0.4) is 0 Å². The van der Waals surface area contributed by atoms with Crippen molar-refractivity contribution in [1.82, 2.24) is 0 Å². The number of allylic oxidation sites excluding steroid dienone is 3. The van der Waals surface area contributed by atoms with Crippen LogP contribution in [0.15, 0.2) is 47.6 Å². The monoisotopic (exact) mass is 342 g/mol.